The third kappa shape index (κ3) is 2.80. The minimum absolute atomic E-state index is 0.188. The van der Waals surface area contributed by atoms with Crippen LogP contribution >= 0.6 is 27.3 Å². The smallest absolute Gasteiger partial charge is 0.203 e. The van der Waals surface area contributed by atoms with Gasteiger partial charge in [-0.2, -0.15) is 5.10 Å². The molecule has 2 rings (SSSR count). The molecule has 0 aliphatic heterocycles. The lowest BCUT2D eigenvalue weighted by atomic mass is 10.2. The lowest BCUT2D eigenvalue weighted by molar-refractivity contribution is 0.474. The second kappa shape index (κ2) is 5.09. The van der Waals surface area contributed by atoms with Gasteiger partial charge in [0, 0.05) is 21.6 Å². The summed E-state index contributed by atoms with van der Waals surface area (Å²) in [6.07, 6.45) is 3.24. The van der Waals surface area contributed by atoms with Crippen molar-refractivity contribution < 1.29 is 5.11 Å². The van der Waals surface area contributed by atoms with Crippen molar-refractivity contribution in [2.45, 2.75) is 0 Å². The number of phenols is 1. The lowest BCUT2D eigenvalue weighted by Crippen LogP contribution is -1.90. The number of aromatic hydroxyl groups is 1. The van der Waals surface area contributed by atoms with E-state index in [-0.39, 0.29) is 5.75 Å². The maximum absolute atomic E-state index is 9.54. The molecule has 0 fully saturated rings. The number of halogens is 1. The highest BCUT2D eigenvalue weighted by Gasteiger charge is 1.98. The van der Waals surface area contributed by atoms with Gasteiger partial charge in [0.05, 0.1) is 6.21 Å². The van der Waals surface area contributed by atoms with Crippen molar-refractivity contribution >= 4 is 38.6 Å². The summed E-state index contributed by atoms with van der Waals surface area (Å²) in [6, 6.07) is 5.15. The average molecular weight is 298 g/mol. The number of phenolic OH excluding ortho intramolecular Hbond substituents is 1. The molecule has 4 nitrogen and oxygen atoms in total. The summed E-state index contributed by atoms with van der Waals surface area (Å²) < 4.78 is 0.890. The van der Waals surface area contributed by atoms with Crippen LogP contribution in [0.5, 0.6) is 5.75 Å². The molecule has 0 spiro atoms. The van der Waals surface area contributed by atoms with Crippen molar-refractivity contribution in [3.05, 3.63) is 39.8 Å². The van der Waals surface area contributed by atoms with Crippen molar-refractivity contribution in [2.24, 2.45) is 5.10 Å². The van der Waals surface area contributed by atoms with E-state index >= 15 is 0 Å². The zero-order valence-electron chi connectivity index (χ0n) is 8.09. The summed E-state index contributed by atoms with van der Waals surface area (Å²) in [7, 11) is 0. The fourth-order valence-corrected chi connectivity index (χ4v) is 1.92. The monoisotopic (exact) mass is 297 g/mol. The number of thiazole rings is 1. The Labute approximate surface area is 105 Å². The quantitative estimate of drug-likeness (QED) is 0.676. The van der Waals surface area contributed by atoms with E-state index in [4.69, 9.17) is 0 Å². The van der Waals surface area contributed by atoms with E-state index in [0.29, 0.717) is 10.7 Å². The molecule has 0 saturated heterocycles. The Morgan fingerprint density at radius 3 is 3.12 bits per heavy atom. The van der Waals surface area contributed by atoms with Crippen LogP contribution in [0.2, 0.25) is 0 Å². The molecule has 0 atom stereocenters. The summed E-state index contributed by atoms with van der Waals surface area (Å²) in [5, 5.41) is 16.1. The summed E-state index contributed by atoms with van der Waals surface area (Å²) in [5.41, 5.74) is 3.41. The normalized spacial score (nSPS) is 10.8. The molecule has 1 aromatic heterocycles. The zero-order valence-corrected chi connectivity index (χ0v) is 10.5. The van der Waals surface area contributed by atoms with Gasteiger partial charge in [-0.3, -0.25) is 5.43 Å². The first kappa shape index (κ1) is 11.1. The lowest BCUT2D eigenvalue weighted by Gasteiger charge is -1.99. The second-order valence-corrected chi connectivity index (χ2v) is 4.72. The fourth-order valence-electron chi connectivity index (χ4n) is 1.06. The Morgan fingerprint density at radius 1 is 1.50 bits per heavy atom. The van der Waals surface area contributed by atoms with Crippen molar-refractivity contribution in [1.29, 1.82) is 0 Å². The van der Waals surface area contributed by atoms with Gasteiger partial charge in [0.15, 0.2) is 0 Å². The number of hydrogen-bond donors (Lipinski definition) is 2. The molecule has 6 heteroatoms. The molecule has 0 bridgehead atoms. The number of benzene rings is 1. The maximum atomic E-state index is 9.54. The topological polar surface area (TPSA) is 57.5 Å². The predicted molar refractivity (Wildman–Crippen MR) is 69.1 cm³/mol. The number of rotatable bonds is 3. The summed E-state index contributed by atoms with van der Waals surface area (Å²) >= 11 is 4.78. The summed E-state index contributed by atoms with van der Waals surface area (Å²) in [5.74, 6) is 0.188. The molecule has 16 heavy (non-hydrogen) atoms. The van der Waals surface area contributed by atoms with Crippen LogP contribution in [-0.2, 0) is 0 Å². The molecule has 1 heterocycles. The molecule has 0 saturated carbocycles. The molecule has 0 aliphatic carbocycles. The van der Waals surface area contributed by atoms with Crippen molar-refractivity contribution in [2.75, 3.05) is 5.43 Å². The van der Waals surface area contributed by atoms with Gasteiger partial charge >= 0.3 is 0 Å². The third-order valence-corrected chi connectivity index (χ3v) is 2.96. The molecule has 0 unspecified atom stereocenters. The molecular weight excluding hydrogens is 290 g/mol. The van der Waals surface area contributed by atoms with E-state index in [1.165, 1.54) is 11.3 Å². The Hall–Kier alpha value is -1.40. The Morgan fingerprint density at radius 2 is 2.38 bits per heavy atom. The van der Waals surface area contributed by atoms with Gasteiger partial charge in [0.1, 0.15) is 5.75 Å². The van der Waals surface area contributed by atoms with Gasteiger partial charge < -0.3 is 5.11 Å². The fraction of sp³-hybridized carbons (Fsp3) is 0. The highest BCUT2D eigenvalue weighted by Crippen LogP contribution is 2.20. The minimum Gasteiger partial charge on any atom is -0.507 e. The van der Waals surface area contributed by atoms with E-state index in [9.17, 15) is 5.11 Å². The largest absolute Gasteiger partial charge is 0.507 e. The van der Waals surface area contributed by atoms with Crippen molar-refractivity contribution in [1.82, 2.24) is 4.98 Å². The van der Waals surface area contributed by atoms with Crippen LogP contribution in [0.25, 0.3) is 0 Å². The molecule has 2 aromatic rings. The third-order valence-electron chi connectivity index (χ3n) is 1.79. The van der Waals surface area contributed by atoms with Crippen LogP contribution < -0.4 is 5.43 Å². The highest BCUT2D eigenvalue weighted by atomic mass is 79.9. The molecule has 1 aromatic carbocycles. The van der Waals surface area contributed by atoms with Gasteiger partial charge in [-0.1, -0.05) is 15.9 Å². The molecule has 0 amide bonds. The van der Waals surface area contributed by atoms with Gasteiger partial charge in [-0.25, -0.2) is 4.98 Å². The SMILES string of the molecule is Oc1ccc(Br)cc1/C=N/Nc1nccs1. The van der Waals surface area contributed by atoms with E-state index in [0.717, 1.165) is 4.47 Å². The number of nitrogens with one attached hydrogen (secondary N) is 1. The Bertz CT molecular complexity index is 499. The van der Waals surface area contributed by atoms with Crippen LogP contribution in [0.4, 0.5) is 5.13 Å². The number of anilines is 1. The van der Waals surface area contributed by atoms with Gasteiger partial charge in [-0.05, 0) is 18.2 Å². The highest BCUT2D eigenvalue weighted by molar-refractivity contribution is 9.10. The number of aromatic nitrogens is 1. The summed E-state index contributed by atoms with van der Waals surface area (Å²) in [6.45, 7) is 0. The van der Waals surface area contributed by atoms with Crippen LogP contribution in [-0.4, -0.2) is 16.3 Å². The molecule has 82 valence electrons. The van der Waals surface area contributed by atoms with Crippen LogP contribution in [0.1, 0.15) is 5.56 Å². The average Bonchev–Trinajstić information content (AvgIpc) is 2.76. The second-order valence-electron chi connectivity index (χ2n) is 2.91. The molecule has 2 N–H and O–H groups in total. The number of nitrogens with zero attached hydrogens (tertiary/aromatic N) is 2. The van der Waals surface area contributed by atoms with Gasteiger partial charge in [0.2, 0.25) is 5.13 Å². The Kier molecular flexibility index (Phi) is 3.53. The van der Waals surface area contributed by atoms with Crippen LogP contribution in [0.15, 0.2) is 39.4 Å². The van der Waals surface area contributed by atoms with Crippen molar-refractivity contribution in [3.63, 3.8) is 0 Å². The zero-order chi connectivity index (χ0) is 11.4. The van der Waals surface area contributed by atoms with E-state index in [1.54, 1.807) is 30.6 Å². The van der Waals surface area contributed by atoms with E-state index < -0.39 is 0 Å². The molecular formula is C10H8BrN3OS. The van der Waals surface area contributed by atoms with Crippen molar-refractivity contribution in [3.8, 4) is 5.75 Å². The first-order chi connectivity index (χ1) is 7.75. The number of hydrazone groups is 1. The minimum atomic E-state index is 0.188. The standard InChI is InChI=1S/C10H8BrN3OS/c11-8-1-2-9(15)7(5-8)6-13-14-10-12-3-4-16-10/h1-6,15H,(H,12,14)/b13-6+. The first-order valence-electron chi connectivity index (χ1n) is 4.43. The summed E-state index contributed by atoms with van der Waals surface area (Å²) in [4.78, 5) is 4.01. The van der Waals surface area contributed by atoms with Gasteiger partial charge in [0.25, 0.3) is 0 Å². The molecule has 0 radical (unpaired) electrons. The van der Waals surface area contributed by atoms with Crippen LogP contribution in [0, 0.1) is 0 Å². The number of hydrogen-bond acceptors (Lipinski definition) is 5. The predicted octanol–water partition coefficient (Wildman–Crippen LogP) is 3.06. The Balaban J connectivity index is 2.08. The van der Waals surface area contributed by atoms with E-state index in [2.05, 4.69) is 31.4 Å². The van der Waals surface area contributed by atoms with Crippen LogP contribution in [0.3, 0.4) is 0 Å². The van der Waals surface area contributed by atoms with E-state index in [1.807, 2.05) is 5.38 Å². The molecule has 0 aliphatic rings. The maximum Gasteiger partial charge on any atom is 0.203 e. The van der Waals surface area contributed by atoms with Gasteiger partial charge in [-0.15, -0.1) is 11.3 Å². The first-order valence-corrected chi connectivity index (χ1v) is 6.10.